The number of pyridine rings is 1. The van der Waals surface area contributed by atoms with Crippen LogP contribution in [0, 0.1) is 0 Å². The van der Waals surface area contributed by atoms with Gasteiger partial charge in [-0.25, -0.2) is 9.97 Å². The summed E-state index contributed by atoms with van der Waals surface area (Å²) in [6, 6.07) is 8.36. The van der Waals surface area contributed by atoms with Gasteiger partial charge >= 0.3 is 0 Å². The van der Waals surface area contributed by atoms with E-state index in [2.05, 4.69) is 32.4 Å². The number of fused-ring (bicyclic) bond motifs is 1. The van der Waals surface area contributed by atoms with Crippen molar-refractivity contribution in [1.29, 1.82) is 0 Å². The highest BCUT2D eigenvalue weighted by molar-refractivity contribution is 5.85. The maximum Gasteiger partial charge on any atom is 0.115 e. The fraction of sp³-hybridized carbons (Fsp3) is 0.133. The molecule has 0 spiro atoms. The first-order valence-electron chi connectivity index (χ1n) is 6.15. The lowest BCUT2D eigenvalue weighted by Crippen LogP contribution is -2.18. The predicted molar refractivity (Wildman–Crippen MR) is 74.7 cm³/mol. The van der Waals surface area contributed by atoms with Gasteiger partial charge in [0.05, 0.1) is 6.04 Å². The van der Waals surface area contributed by atoms with Crippen LogP contribution in [0.1, 0.15) is 17.2 Å². The molecule has 0 saturated heterocycles. The van der Waals surface area contributed by atoms with Crippen LogP contribution in [0.15, 0.2) is 55.4 Å². The zero-order valence-corrected chi connectivity index (χ0v) is 10.6. The van der Waals surface area contributed by atoms with Crippen molar-refractivity contribution in [2.24, 2.45) is 0 Å². The van der Waals surface area contributed by atoms with Gasteiger partial charge < -0.3 is 5.32 Å². The van der Waals surface area contributed by atoms with Crippen molar-refractivity contribution < 1.29 is 0 Å². The molecular weight excluding hydrogens is 236 g/mol. The summed E-state index contributed by atoms with van der Waals surface area (Å²) in [6.07, 6.45) is 8.93. The number of nitrogens with one attached hydrogen (secondary N) is 1. The Morgan fingerprint density at radius 3 is 2.63 bits per heavy atom. The minimum Gasteiger partial charge on any atom is -0.309 e. The quantitative estimate of drug-likeness (QED) is 0.775. The number of hydrogen-bond donors (Lipinski definition) is 1. The molecule has 1 N–H and O–H groups in total. The topological polar surface area (TPSA) is 50.7 Å². The number of nitrogens with zero attached hydrogens (tertiary/aromatic N) is 3. The van der Waals surface area contributed by atoms with Crippen molar-refractivity contribution in [3.05, 3.63) is 66.5 Å². The van der Waals surface area contributed by atoms with Crippen LogP contribution in [0.2, 0.25) is 0 Å². The van der Waals surface area contributed by atoms with Gasteiger partial charge in [-0.1, -0.05) is 18.2 Å². The molecule has 0 saturated carbocycles. The smallest absolute Gasteiger partial charge is 0.115 e. The molecule has 4 heteroatoms. The van der Waals surface area contributed by atoms with Gasteiger partial charge in [-0.05, 0) is 24.1 Å². The zero-order chi connectivity index (χ0) is 13.1. The highest BCUT2D eigenvalue weighted by atomic mass is 14.9. The van der Waals surface area contributed by atoms with Crippen molar-refractivity contribution in [2.75, 3.05) is 7.05 Å². The zero-order valence-electron chi connectivity index (χ0n) is 10.6. The van der Waals surface area contributed by atoms with Gasteiger partial charge in [0, 0.05) is 35.7 Å². The summed E-state index contributed by atoms with van der Waals surface area (Å²) in [5.41, 5.74) is 2.26. The van der Waals surface area contributed by atoms with E-state index in [1.807, 2.05) is 44.0 Å². The Balaban J connectivity index is 2.17. The molecule has 1 aromatic carbocycles. The van der Waals surface area contributed by atoms with Crippen LogP contribution in [-0.4, -0.2) is 22.0 Å². The molecule has 3 aromatic rings. The van der Waals surface area contributed by atoms with E-state index in [9.17, 15) is 0 Å². The molecule has 3 rings (SSSR count). The Hall–Kier alpha value is -2.33. The second kappa shape index (κ2) is 5.12. The van der Waals surface area contributed by atoms with Crippen LogP contribution in [0.25, 0.3) is 10.8 Å². The molecule has 4 nitrogen and oxygen atoms in total. The molecule has 1 unspecified atom stereocenters. The Morgan fingerprint density at radius 1 is 1.00 bits per heavy atom. The standard InChI is InChI=1S/C15H14N4/c1-16-15(12-8-18-10-19-9-12)14-4-2-3-11-7-17-6-5-13(11)14/h2-10,15-16H,1H3. The molecule has 0 aliphatic carbocycles. The van der Waals surface area contributed by atoms with Crippen LogP contribution in [0.4, 0.5) is 0 Å². The maximum atomic E-state index is 4.17. The van der Waals surface area contributed by atoms with Crippen LogP contribution in [-0.2, 0) is 0 Å². The third kappa shape index (κ3) is 2.18. The maximum absolute atomic E-state index is 4.17. The number of hydrogen-bond acceptors (Lipinski definition) is 4. The fourth-order valence-corrected chi connectivity index (χ4v) is 2.36. The van der Waals surface area contributed by atoms with Crippen LogP contribution >= 0.6 is 0 Å². The molecule has 1 atom stereocenters. The van der Waals surface area contributed by atoms with Gasteiger partial charge in [0.1, 0.15) is 6.33 Å². The van der Waals surface area contributed by atoms with E-state index in [4.69, 9.17) is 0 Å². The van der Waals surface area contributed by atoms with Gasteiger partial charge in [0.2, 0.25) is 0 Å². The second-order valence-electron chi connectivity index (χ2n) is 4.34. The van der Waals surface area contributed by atoms with Crippen molar-refractivity contribution in [3.8, 4) is 0 Å². The molecule has 0 bridgehead atoms. The lowest BCUT2D eigenvalue weighted by molar-refractivity contribution is 0.689. The van der Waals surface area contributed by atoms with Gasteiger partial charge in [0.15, 0.2) is 0 Å². The van der Waals surface area contributed by atoms with Crippen LogP contribution in [0.5, 0.6) is 0 Å². The average Bonchev–Trinajstić information content (AvgIpc) is 2.49. The lowest BCUT2D eigenvalue weighted by Gasteiger charge is -2.18. The molecule has 0 amide bonds. The minimum absolute atomic E-state index is 0.0762. The first kappa shape index (κ1) is 11.7. The molecular formula is C15H14N4. The highest BCUT2D eigenvalue weighted by Gasteiger charge is 2.14. The lowest BCUT2D eigenvalue weighted by atomic mass is 9.96. The first-order valence-corrected chi connectivity index (χ1v) is 6.15. The summed E-state index contributed by atoms with van der Waals surface area (Å²) < 4.78 is 0. The predicted octanol–water partition coefficient (Wildman–Crippen LogP) is 2.33. The highest BCUT2D eigenvalue weighted by Crippen LogP contribution is 2.27. The fourth-order valence-electron chi connectivity index (χ4n) is 2.36. The monoisotopic (exact) mass is 250 g/mol. The van der Waals surface area contributed by atoms with Gasteiger partial charge in [0.25, 0.3) is 0 Å². The molecule has 0 aliphatic heterocycles. The third-order valence-electron chi connectivity index (χ3n) is 3.23. The summed E-state index contributed by atoms with van der Waals surface area (Å²) >= 11 is 0. The van der Waals surface area contributed by atoms with E-state index in [1.54, 1.807) is 6.33 Å². The first-order chi connectivity index (χ1) is 9.40. The van der Waals surface area contributed by atoms with Gasteiger partial charge in [-0.2, -0.15) is 0 Å². The Bertz CT molecular complexity index is 677. The minimum atomic E-state index is 0.0762. The van der Waals surface area contributed by atoms with Crippen molar-refractivity contribution >= 4 is 10.8 Å². The van der Waals surface area contributed by atoms with E-state index < -0.39 is 0 Å². The Kier molecular flexibility index (Phi) is 3.16. The molecule has 0 aliphatic rings. The molecule has 2 heterocycles. The van der Waals surface area contributed by atoms with Crippen molar-refractivity contribution in [1.82, 2.24) is 20.3 Å². The number of aromatic nitrogens is 3. The largest absolute Gasteiger partial charge is 0.309 e. The summed E-state index contributed by atoms with van der Waals surface area (Å²) in [7, 11) is 1.94. The Labute approximate surface area is 111 Å². The summed E-state index contributed by atoms with van der Waals surface area (Å²) in [6.45, 7) is 0. The number of benzene rings is 1. The molecule has 19 heavy (non-hydrogen) atoms. The van der Waals surface area contributed by atoms with Crippen LogP contribution in [0.3, 0.4) is 0 Å². The molecule has 94 valence electrons. The second-order valence-corrected chi connectivity index (χ2v) is 4.34. The van der Waals surface area contributed by atoms with Gasteiger partial charge in [-0.3, -0.25) is 4.98 Å². The molecule has 0 radical (unpaired) electrons. The average molecular weight is 250 g/mol. The summed E-state index contributed by atoms with van der Waals surface area (Å²) in [4.78, 5) is 12.4. The van der Waals surface area contributed by atoms with E-state index in [1.165, 1.54) is 10.9 Å². The van der Waals surface area contributed by atoms with Crippen LogP contribution < -0.4 is 5.32 Å². The molecule has 0 fully saturated rings. The van der Waals surface area contributed by atoms with E-state index in [0.29, 0.717) is 0 Å². The number of rotatable bonds is 3. The van der Waals surface area contributed by atoms with Crippen molar-refractivity contribution in [3.63, 3.8) is 0 Å². The van der Waals surface area contributed by atoms with Gasteiger partial charge in [-0.15, -0.1) is 0 Å². The van der Waals surface area contributed by atoms with Crippen molar-refractivity contribution in [2.45, 2.75) is 6.04 Å². The Morgan fingerprint density at radius 2 is 1.84 bits per heavy atom. The third-order valence-corrected chi connectivity index (χ3v) is 3.23. The van der Waals surface area contributed by atoms with E-state index in [0.717, 1.165) is 10.9 Å². The summed E-state index contributed by atoms with van der Waals surface area (Å²) in [5, 5.41) is 5.66. The van der Waals surface area contributed by atoms with E-state index >= 15 is 0 Å². The molecule has 2 aromatic heterocycles. The normalized spacial score (nSPS) is 12.5. The van der Waals surface area contributed by atoms with E-state index in [-0.39, 0.29) is 6.04 Å². The SMILES string of the molecule is CNC(c1cncnc1)c1cccc2cnccc12. The summed E-state index contributed by atoms with van der Waals surface area (Å²) in [5.74, 6) is 0.